The lowest BCUT2D eigenvalue weighted by molar-refractivity contribution is -0.130. The maximum atomic E-state index is 13.2. The van der Waals surface area contributed by atoms with Crippen molar-refractivity contribution >= 4 is 11.7 Å². The summed E-state index contributed by atoms with van der Waals surface area (Å²) in [6.45, 7) is 3.59. The van der Waals surface area contributed by atoms with Crippen LogP contribution in [0.5, 0.6) is 0 Å². The third-order valence-electron chi connectivity index (χ3n) is 7.31. The molecule has 1 amide bonds. The number of ketones is 1. The number of hydrogen-bond acceptors (Lipinski definition) is 7. The summed E-state index contributed by atoms with van der Waals surface area (Å²) in [5.74, 6) is 0.710. The Balaban J connectivity index is 1.42. The molecule has 1 aliphatic carbocycles. The highest BCUT2D eigenvalue weighted by atomic mass is 16.2. The van der Waals surface area contributed by atoms with Crippen LogP contribution in [0.1, 0.15) is 69.3 Å². The van der Waals surface area contributed by atoms with E-state index in [0.29, 0.717) is 13.0 Å². The second kappa shape index (κ2) is 11.7. The number of tetrazole rings is 1. The van der Waals surface area contributed by atoms with Gasteiger partial charge in [0.15, 0.2) is 11.6 Å². The van der Waals surface area contributed by atoms with Gasteiger partial charge in [-0.25, -0.2) is 0 Å². The van der Waals surface area contributed by atoms with Gasteiger partial charge in [0, 0.05) is 12.0 Å². The monoisotopic (exact) mass is 467 g/mol. The number of nitrogens with one attached hydrogen (secondary N) is 2. The Morgan fingerprint density at radius 1 is 1.12 bits per heavy atom. The van der Waals surface area contributed by atoms with Crippen molar-refractivity contribution in [3.05, 3.63) is 41.7 Å². The fraction of sp³-hybridized carbons (Fsp3) is 0.640. The van der Waals surface area contributed by atoms with Gasteiger partial charge in [0.1, 0.15) is 0 Å². The van der Waals surface area contributed by atoms with E-state index in [4.69, 9.17) is 5.10 Å². The maximum Gasteiger partial charge on any atom is 0.237 e. The number of carbonyl (C=O) groups is 2. The van der Waals surface area contributed by atoms with Crippen LogP contribution in [0.4, 0.5) is 0 Å². The molecule has 1 aromatic carbocycles. The molecule has 9 nitrogen and oxygen atoms in total. The quantitative estimate of drug-likeness (QED) is 0.551. The molecule has 0 radical (unpaired) electrons. The number of likely N-dealkylation sites (N-methyl/N-ethyl adjacent to an activating group) is 1. The van der Waals surface area contributed by atoms with Gasteiger partial charge in [-0.2, -0.15) is 4.80 Å². The normalized spacial score (nSPS) is 24.1. The number of amides is 1. The summed E-state index contributed by atoms with van der Waals surface area (Å²) in [6, 6.07) is 10.1. The molecule has 34 heavy (non-hydrogen) atoms. The zero-order valence-electron chi connectivity index (χ0n) is 20.3. The number of hydrogen-bond donors (Lipinski definition) is 2. The van der Waals surface area contributed by atoms with Crippen LogP contribution in [0.25, 0.3) is 0 Å². The molecule has 2 N–H and O–H groups in total. The molecule has 2 fully saturated rings. The highest BCUT2D eigenvalue weighted by molar-refractivity contribution is 5.89. The van der Waals surface area contributed by atoms with Crippen LogP contribution >= 0.6 is 0 Å². The zero-order chi connectivity index (χ0) is 23.9. The first kappa shape index (κ1) is 24.5. The van der Waals surface area contributed by atoms with Gasteiger partial charge in [-0.15, -0.1) is 10.2 Å². The minimum atomic E-state index is -0.262. The first-order chi connectivity index (χ1) is 16.6. The molecule has 1 aromatic heterocycles. The Kier molecular flexibility index (Phi) is 8.39. The third-order valence-corrected chi connectivity index (χ3v) is 7.31. The van der Waals surface area contributed by atoms with Crippen molar-refractivity contribution in [3.8, 4) is 0 Å². The third kappa shape index (κ3) is 5.70. The smallest absolute Gasteiger partial charge is 0.237 e. The van der Waals surface area contributed by atoms with E-state index < -0.39 is 0 Å². The molecule has 9 heteroatoms. The largest absolute Gasteiger partial charge is 0.348 e. The van der Waals surface area contributed by atoms with Crippen molar-refractivity contribution < 1.29 is 9.59 Å². The van der Waals surface area contributed by atoms with Crippen LogP contribution in [-0.2, 0) is 16.1 Å². The second-order valence-corrected chi connectivity index (χ2v) is 9.45. The van der Waals surface area contributed by atoms with Crippen molar-refractivity contribution in [3.63, 3.8) is 0 Å². The van der Waals surface area contributed by atoms with Crippen LogP contribution in [0, 0.1) is 5.92 Å². The van der Waals surface area contributed by atoms with Crippen LogP contribution in [-0.4, -0.2) is 69.0 Å². The van der Waals surface area contributed by atoms with Crippen LogP contribution in [0.3, 0.4) is 0 Å². The summed E-state index contributed by atoms with van der Waals surface area (Å²) in [7, 11) is 1.77. The summed E-state index contributed by atoms with van der Waals surface area (Å²) in [5.41, 5.74) is 1.14. The van der Waals surface area contributed by atoms with E-state index in [1.807, 2.05) is 25.1 Å². The lowest BCUT2D eigenvalue weighted by atomic mass is 9.80. The van der Waals surface area contributed by atoms with Crippen molar-refractivity contribution in [2.75, 3.05) is 20.1 Å². The average Bonchev–Trinajstić information content (AvgIpc) is 3.53. The Morgan fingerprint density at radius 2 is 1.91 bits per heavy atom. The second-order valence-electron chi connectivity index (χ2n) is 9.45. The Bertz CT molecular complexity index is 944. The maximum absolute atomic E-state index is 13.2. The molecule has 2 aromatic rings. The Hall–Kier alpha value is -2.65. The van der Waals surface area contributed by atoms with E-state index in [2.05, 4.69) is 38.0 Å². The number of aromatic nitrogens is 4. The minimum Gasteiger partial charge on any atom is -0.348 e. The average molecular weight is 468 g/mol. The summed E-state index contributed by atoms with van der Waals surface area (Å²) < 4.78 is 0. The van der Waals surface area contributed by atoms with Gasteiger partial charge < -0.3 is 10.6 Å². The molecule has 2 heterocycles. The van der Waals surface area contributed by atoms with Gasteiger partial charge in [0.2, 0.25) is 5.91 Å². The lowest BCUT2D eigenvalue weighted by Crippen LogP contribution is -2.49. The molecule has 4 rings (SSSR count). The number of rotatable bonds is 10. The number of nitrogens with zero attached hydrogens (tertiary/aromatic N) is 5. The minimum absolute atomic E-state index is 0.0660. The van der Waals surface area contributed by atoms with Gasteiger partial charge in [-0.05, 0) is 56.5 Å². The van der Waals surface area contributed by atoms with Gasteiger partial charge in [0.05, 0.1) is 25.2 Å². The number of Topliss-reactive ketones (excluding diaryl/α,β-unsaturated/α-hetero) is 1. The summed E-state index contributed by atoms with van der Waals surface area (Å²) in [5, 5.41) is 19.3. The van der Waals surface area contributed by atoms with Crippen molar-refractivity contribution in [2.24, 2.45) is 5.92 Å². The summed E-state index contributed by atoms with van der Waals surface area (Å²) in [4.78, 5) is 29.6. The van der Waals surface area contributed by atoms with E-state index in [-0.39, 0.29) is 42.3 Å². The van der Waals surface area contributed by atoms with E-state index >= 15 is 0 Å². The molecule has 2 aliphatic rings. The van der Waals surface area contributed by atoms with Crippen LogP contribution in [0.2, 0.25) is 0 Å². The van der Waals surface area contributed by atoms with Crippen molar-refractivity contribution in [2.45, 2.75) is 76.5 Å². The molecule has 1 aliphatic heterocycles. The SMILES string of the molecule is CCC(NC)C(=O)NCC(=O)C1CCCCC1N1CCCC1c1nnn(Cc2ccccc2)n1. The van der Waals surface area contributed by atoms with Crippen LogP contribution < -0.4 is 10.6 Å². The van der Waals surface area contributed by atoms with Gasteiger partial charge in [-0.1, -0.05) is 50.1 Å². The van der Waals surface area contributed by atoms with Gasteiger partial charge in [0.25, 0.3) is 0 Å². The zero-order valence-corrected chi connectivity index (χ0v) is 20.3. The molecule has 0 spiro atoms. The van der Waals surface area contributed by atoms with Gasteiger partial charge in [-0.3, -0.25) is 14.5 Å². The molecule has 4 atom stereocenters. The summed E-state index contributed by atoms with van der Waals surface area (Å²) in [6.07, 6.45) is 6.77. The predicted molar refractivity (Wildman–Crippen MR) is 129 cm³/mol. The fourth-order valence-electron chi connectivity index (χ4n) is 5.50. The first-order valence-corrected chi connectivity index (χ1v) is 12.7. The van der Waals surface area contributed by atoms with Crippen molar-refractivity contribution in [1.29, 1.82) is 0 Å². The van der Waals surface area contributed by atoms with E-state index in [1.165, 1.54) is 0 Å². The van der Waals surface area contributed by atoms with E-state index in [1.54, 1.807) is 11.8 Å². The molecule has 1 saturated carbocycles. The molecule has 184 valence electrons. The molecular weight excluding hydrogens is 430 g/mol. The molecule has 0 bridgehead atoms. The van der Waals surface area contributed by atoms with Crippen molar-refractivity contribution in [1.82, 2.24) is 35.7 Å². The predicted octanol–water partition coefficient (Wildman–Crippen LogP) is 2.10. The summed E-state index contributed by atoms with van der Waals surface area (Å²) >= 11 is 0. The molecular formula is C25H37N7O2. The number of carbonyl (C=O) groups excluding carboxylic acids is 2. The topological polar surface area (TPSA) is 105 Å². The molecule has 4 unspecified atom stereocenters. The highest BCUT2D eigenvalue weighted by Gasteiger charge is 2.41. The highest BCUT2D eigenvalue weighted by Crippen LogP contribution is 2.38. The lowest BCUT2D eigenvalue weighted by Gasteiger charge is -2.39. The molecule has 1 saturated heterocycles. The number of benzene rings is 1. The Morgan fingerprint density at radius 3 is 2.68 bits per heavy atom. The van der Waals surface area contributed by atoms with Crippen LogP contribution in [0.15, 0.2) is 30.3 Å². The number of likely N-dealkylation sites (tertiary alicyclic amines) is 1. The fourth-order valence-corrected chi connectivity index (χ4v) is 5.50. The van der Waals surface area contributed by atoms with Gasteiger partial charge >= 0.3 is 0 Å². The standard InChI is InChI=1S/C25H37N7O2/c1-3-20(26-2)25(34)27-16-23(33)19-12-7-8-13-21(19)31-15-9-14-22(31)24-28-30-32(29-24)17-18-10-5-4-6-11-18/h4-6,10-11,19-22,26H,3,7-9,12-17H2,1-2H3,(H,27,34). The first-order valence-electron chi connectivity index (χ1n) is 12.7. The Labute approximate surface area is 201 Å². The van der Waals surface area contributed by atoms with E-state index in [9.17, 15) is 9.59 Å². The van der Waals surface area contributed by atoms with E-state index in [0.717, 1.165) is 56.5 Å².